The first-order chi connectivity index (χ1) is 24.8. The van der Waals surface area contributed by atoms with E-state index in [1.54, 1.807) is 30.5 Å². The number of hydrogen-bond donors (Lipinski definition) is 0. The molecule has 3 aliphatic heterocycles. The lowest BCUT2D eigenvalue weighted by Gasteiger charge is -2.55. The van der Waals surface area contributed by atoms with E-state index in [1.807, 2.05) is 24.3 Å². The van der Waals surface area contributed by atoms with Crippen LogP contribution in [0.4, 0.5) is 0 Å². The molecule has 14 heteroatoms. The van der Waals surface area contributed by atoms with Crippen LogP contribution in [0, 0.1) is 0 Å². The van der Waals surface area contributed by atoms with Gasteiger partial charge in [0.15, 0.2) is 11.5 Å². The molecule has 6 rings (SSSR count). The molecule has 1 fully saturated rings. The van der Waals surface area contributed by atoms with Gasteiger partial charge in [-0.2, -0.15) is 0 Å². The highest BCUT2D eigenvalue weighted by Crippen LogP contribution is 2.46. The smallest absolute Gasteiger partial charge is 0.420 e. The number of ether oxygens (including phenoxy) is 7. The van der Waals surface area contributed by atoms with Crippen molar-refractivity contribution in [1.29, 1.82) is 0 Å². The summed E-state index contributed by atoms with van der Waals surface area (Å²) in [7, 11) is 4.52. The highest BCUT2D eigenvalue weighted by molar-refractivity contribution is 5.95. The zero-order chi connectivity index (χ0) is 37.3. The zero-order valence-corrected chi connectivity index (χ0v) is 29.7. The number of carbonyl (C=O) groups is 4. The lowest BCUT2D eigenvalue weighted by molar-refractivity contribution is -0.465. The first-order valence-corrected chi connectivity index (χ1v) is 16.4. The Bertz CT molecular complexity index is 1880. The molecule has 2 aromatic carbocycles. The fourth-order valence-corrected chi connectivity index (χ4v) is 6.32. The third-order valence-electron chi connectivity index (χ3n) is 8.89. The predicted molar refractivity (Wildman–Crippen MR) is 183 cm³/mol. The minimum atomic E-state index is -2.61. The topological polar surface area (TPSA) is 152 Å². The maximum atomic E-state index is 13.3. The molecule has 52 heavy (non-hydrogen) atoms. The lowest BCUT2D eigenvalue weighted by Crippen LogP contribution is -2.80. The summed E-state index contributed by atoms with van der Waals surface area (Å²) in [4.78, 5) is 60.5. The summed E-state index contributed by atoms with van der Waals surface area (Å²) in [6.45, 7) is 6.47. The van der Waals surface area contributed by atoms with Gasteiger partial charge in [0.2, 0.25) is 5.75 Å². The van der Waals surface area contributed by atoms with Crippen LogP contribution in [0.2, 0.25) is 0 Å². The largest absolute Gasteiger partial charge is 0.493 e. The first-order valence-electron chi connectivity index (χ1n) is 16.4. The van der Waals surface area contributed by atoms with Crippen LogP contribution < -0.4 is 14.2 Å². The van der Waals surface area contributed by atoms with Crippen molar-refractivity contribution in [2.24, 2.45) is 0 Å². The molecule has 0 radical (unpaired) electrons. The van der Waals surface area contributed by atoms with Gasteiger partial charge in [-0.3, -0.25) is 4.98 Å². The minimum Gasteiger partial charge on any atom is -0.493 e. The van der Waals surface area contributed by atoms with Crippen molar-refractivity contribution in [3.8, 4) is 28.5 Å². The Morgan fingerprint density at radius 2 is 1.12 bits per heavy atom. The van der Waals surface area contributed by atoms with E-state index in [9.17, 15) is 19.2 Å². The maximum Gasteiger partial charge on any atom is 0.420 e. The van der Waals surface area contributed by atoms with Crippen LogP contribution in [0.5, 0.6) is 17.2 Å². The van der Waals surface area contributed by atoms with Gasteiger partial charge >= 0.3 is 35.7 Å². The number of carbonyl (C=O) groups excluding carboxylic acids is 4. The number of fused-ring (bicyclic) bond motifs is 1. The zero-order valence-electron chi connectivity index (χ0n) is 29.7. The molecular formula is C38H39N3O11. The second-order valence-electron chi connectivity index (χ2n) is 13.3. The highest BCUT2D eigenvalue weighted by Gasteiger charge is 2.74. The number of methoxy groups -OCH3 is 3. The van der Waals surface area contributed by atoms with E-state index in [1.165, 1.54) is 31.1 Å². The molecule has 14 nitrogen and oxygen atoms in total. The summed E-state index contributed by atoms with van der Waals surface area (Å²) < 4.78 is 40.3. The van der Waals surface area contributed by atoms with Gasteiger partial charge in [-0.25, -0.2) is 29.0 Å². The van der Waals surface area contributed by atoms with Gasteiger partial charge in [-0.1, -0.05) is 45.0 Å². The first kappa shape index (κ1) is 36.1. The molecular weight excluding hydrogens is 674 g/mol. The van der Waals surface area contributed by atoms with Gasteiger partial charge in [0, 0.05) is 62.2 Å². The maximum absolute atomic E-state index is 13.3. The molecule has 0 bridgehead atoms. The van der Waals surface area contributed by atoms with Crippen LogP contribution in [0.1, 0.15) is 37.5 Å². The Morgan fingerprint density at radius 3 is 1.54 bits per heavy atom. The van der Waals surface area contributed by atoms with Crippen molar-refractivity contribution in [2.75, 3.05) is 34.4 Å². The Hall–Kier alpha value is -5.73. The third-order valence-corrected chi connectivity index (χ3v) is 8.89. The van der Waals surface area contributed by atoms with Crippen LogP contribution in [0.15, 0.2) is 79.0 Å². The molecule has 4 heterocycles. The van der Waals surface area contributed by atoms with E-state index in [4.69, 9.17) is 33.2 Å². The summed E-state index contributed by atoms with van der Waals surface area (Å²) in [6, 6.07) is 14.7. The summed E-state index contributed by atoms with van der Waals surface area (Å²) >= 11 is 0. The molecule has 0 aliphatic carbocycles. The van der Waals surface area contributed by atoms with Crippen LogP contribution >= 0.6 is 0 Å². The standard InChI is InChI=1S/C38H39N3O11/c1-36(2,3)27-9-7-24(8-10-27)22-40-17-18-41(23-25-15-16-39-28(19-25)26-20-29(46-4)35(48-6)30(21-26)47-5)38(51-33(44)13-14-34(45)52-38)37(40)49-31(42)11-12-32(43)50-37/h7-16,19-21H,17-18,22-23H2,1-6H3. The number of pyridine rings is 1. The molecule has 3 aliphatic rings. The van der Waals surface area contributed by atoms with Crippen molar-refractivity contribution >= 4 is 23.9 Å². The van der Waals surface area contributed by atoms with E-state index in [0.717, 1.165) is 35.4 Å². The number of hydrogen-bond acceptors (Lipinski definition) is 14. The van der Waals surface area contributed by atoms with E-state index in [0.29, 0.717) is 34.1 Å². The molecule has 3 aromatic rings. The van der Waals surface area contributed by atoms with Crippen LogP contribution in [0.25, 0.3) is 11.3 Å². The number of esters is 4. The van der Waals surface area contributed by atoms with Crippen molar-refractivity contribution in [2.45, 2.75) is 51.1 Å². The van der Waals surface area contributed by atoms with Crippen molar-refractivity contribution < 1.29 is 52.3 Å². The summed E-state index contributed by atoms with van der Waals surface area (Å²) in [6.07, 6.45) is 5.15. The molecule has 272 valence electrons. The minimum absolute atomic E-state index is 0.0453. The molecule has 2 spiro atoms. The van der Waals surface area contributed by atoms with Gasteiger partial charge < -0.3 is 33.2 Å². The molecule has 0 atom stereocenters. The van der Waals surface area contributed by atoms with Gasteiger partial charge in [-0.15, -0.1) is 0 Å². The van der Waals surface area contributed by atoms with E-state index in [-0.39, 0.29) is 31.6 Å². The van der Waals surface area contributed by atoms with E-state index in [2.05, 4.69) is 25.8 Å². The normalized spacial score (nSPS) is 18.6. The fraction of sp³-hybridized carbons (Fsp3) is 0.342. The number of nitrogens with zero attached hydrogens (tertiary/aromatic N) is 3. The van der Waals surface area contributed by atoms with Gasteiger partial charge in [0.25, 0.3) is 0 Å². The van der Waals surface area contributed by atoms with E-state index >= 15 is 0 Å². The quantitative estimate of drug-likeness (QED) is 0.309. The SMILES string of the molecule is COc1cc(-c2cc(CN3CCN(Cc4ccc(C(C)(C)C)cc4)C4(OC(=O)C=CC(=O)O4)C34OC(=O)C=CC(=O)O4)ccn2)cc(OC)c1OC. The second kappa shape index (κ2) is 14.1. The van der Waals surface area contributed by atoms with Crippen LogP contribution in [0.3, 0.4) is 0 Å². The summed E-state index contributed by atoms with van der Waals surface area (Å²) in [5.74, 6) is -7.91. The van der Waals surface area contributed by atoms with Crippen molar-refractivity contribution in [3.63, 3.8) is 0 Å². The molecule has 1 aromatic heterocycles. The van der Waals surface area contributed by atoms with Gasteiger partial charge in [-0.05, 0) is 46.4 Å². The number of rotatable bonds is 8. The molecule has 0 amide bonds. The number of benzene rings is 2. The highest BCUT2D eigenvalue weighted by atomic mass is 16.8. The van der Waals surface area contributed by atoms with Crippen molar-refractivity contribution in [3.05, 3.63) is 95.7 Å². The number of piperazine rings is 1. The molecule has 0 saturated carbocycles. The third kappa shape index (κ3) is 6.82. The average Bonchev–Trinajstić information content (AvgIpc) is 3.38. The van der Waals surface area contributed by atoms with Crippen LogP contribution in [-0.2, 0) is 56.6 Å². The lowest BCUT2D eigenvalue weighted by atomic mass is 9.86. The second-order valence-corrected chi connectivity index (χ2v) is 13.3. The molecule has 1 saturated heterocycles. The van der Waals surface area contributed by atoms with Crippen molar-refractivity contribution in [1.82, 2.24) is 14.8 Å². The molecule has 0 N–H and O–H groups in total. The Balaban J connectivity index is 1.45. The Morgan fingerprint density at radius 1 is 0.654 bits per heavy atom. The Labute approximate surface area is 300 Å². The van der Waals surface area contributed by atoms with Crippen LogP contribution in [-0.4, -0.2) is 84.9 Å². The fourth-order valence-electron chi connectivity index (χ4n) is 6.32. The Kier molecular flexibility index (Phi) is 9.79. The average molecular weight is 714 g/mol. The van der Waals surface area contributed by atoms with E-state index < -0.39 is 35.7 Å². The predicted octanol–water partition coefficient (Wildman–Crippen LogP) is 4.01. The van der Waals surface area contributed by atoms with Gasteiger partial charge in [0.05, 0.1) is 27.0 Å². The van der Waals surface area contributed by atoms with Gasteiger partial charge in [0.1, 0.15) is 0 Å². The number of aromatic nitrogens is 1. The summed E-state index contributed by atoms with van der Waals surface area (Å²) in [5, 5.41) is 0. The monoisotopic (exact) mass is 713 g/mol. The molecule has 0 unspecified atom stereocenters. The summed E-state index contributed by atoms with van der Waals surface area (Å²) in [5.41, 5.74) is 3.51.